The van der Waals surface area contributed by atoms with E-state index in [1.54, 1.807) is 13.0 Å². The summed E-state index contributed by atoms with van der Waals surface area (Å²) in [5.74, 6) is -0.639. The van der Waals surface area contributed by atoms with Crippen LogP contribution in [0, 0.1) is 5.82 Å². The smallest absolute Gasteiger partial charge is 0.328 e. The lowest BCUT2D eigenvalue weighted by molar-refractivity contribution is -0.137. The van der Waals surface area contributed by atoms with Gasteiger partial charge in [-0.15, -0.1) is 0 Å². The van der Waals surface area contributed by atoms with E-state index in [2.05, 4.69) is 5.10 Å². The molecular formula is C13H13F4N3. The number of hydrogen-bond donors (Lipinski definition) is 1. The van der Waals surface area contributed by atoms with Crippen LogP contribution in [0.2, 0.25) is 0 Å². The average Bonchev–Trinajstić information content (AvgIpc) is 2.77. The van der Waals surface area contributed by atoms with Crippen molar-refractivity contribution in [1.82, 2.24) is 9.78 Å². The molecule has 0 spiro atoms. The fraction of sp³-hybridized carbons (Fsp3) is 0.308. The van der Waals surface area contributed by atoms with Crippen LogP contribution in [0.3, 0.4) is 0 Å². The van der Waals surface area contributed by atoms with Crippen molar-refractivity contribution in [2.45, 2.75) is 25.6 Å². The number of hydrogen-bond acceptors (Lipinski definition) is 2. The Morgan fingerprint density at radius 1 is 1.35 bits per heavy atom. The molecular weight excluding hydrogens is 274 g/mol. The van der Waals surface area contributed by atoms with Crippen LogP contribution in [0.1, 0.15) is 18.1 Å². The summed E-state index contributed by atoms with van der Waals surface area (Å²) in [6.45, 7) is 1.74. The standard InChI is InChI=1S/C13H13F4N3/c1-8(18)5-9-3-2-4-11(14)12(9)20-7-10(6-19-20)13(15,16)17/h2-4,6-8H,5,18H2,1H3. The van der Waals surface area contributed by atoms with Gasteiger partial charge in [-0.25, -0.2) is 9.07 Å². The number of para-hydroxylation sites is 1. The highest BCUT2D eigenvalue weighted by atomic mass is 19.4. The molecule has 20 heavy (non-hydrogen) atoms. The Bertz CT molecular complexity index is 602. The number of aromatic nitrogens is 2. The molecule has 2 rings (SSSR count). The van der Waals surface area contributed by atoms with Crippen LogP contribution in [0.25, 0.3) is 5.69 Å². The first-order chi connectivity index (χ1) is 9.29. The molecule has 1 heterocycles. The Hall–Kier alpha value is -1.89. The molecule has 0 aliphatic carbocycles. The Labute approximate surface area is 113 Å². The molecule has 108 valence electrons. The molecule has 0 fully saturated rings. The van der Waals surface area contributed by atoms with E-state index in [-0.39, 0.29) is 11.7 Å². The van der Waals surface area contributed by atoms with Crippen LogP contribution in [0.15, 0.2) is 30.6 Å². The molecule has 2 N–H and O–H groups in total. The first-order valence-electron chi connectivity index (χ1n) is 5.94. The summed E-state index contributed by atoms with van der Waals surface area (Å²) in [6.07, 6.45) is -2.73. The normalized spacial score (nSPS) is 13.5. The summed E-state index contributed by atoms with van der Waals surface area (Å²) in [6, 6.07) is 4.05. The van der Waals surface area contributed by atoms with Gasteiger partial charge in [-0.2, -0.15) is 18.3 Å². The molecule has 1 aromatic heterocycles. The molecule has 0 saturated heterocycles. The third-order valence-corrected chi connectivity index (χ3v) is 2.75. The summed E-state index contributed by atoms with van der Waals surface area (Å²) >= 11 is 0. The van der Waals surface area contributed by atoms with Gasteiger partial charge in [-0.1, -0.05) is 12.1 Å². The Morgan fingerprint density at radius 3 is 2.60 bits per heavy atom. The SMILES string of the molecule is CC(N)Cc1cccc(F)c1-n1cc(C(F)(F)F)cn1. The van der Waals surface area contributed by atoms with Gasteiger partial charge in [0.1, 0.15) is 11.5 Å². The van der Waals surface area contributed by atoms with E-state index in [9.17, 15) is 17.6 Å². The maximum Gasteiger partial charge on any atom is 0.419 e. The van der Waals surface area contributed by atoms with Gasteiger partial charge in [0.05, 0.1) is 11.8 Å². The number of benzene rings is 1. The van der Waals surface area contributed by atoms with E-state index < -0.39 is 17.6 Å². The first kappa shape index (κ1) is 14.5. The minimum atomic E-state index is -4.51. The number of alkyl halides is 3. The minimum Gasteiger partial charge on any atom is -0.328 e. The van der Waals surface area contributed by atoms with Gasteiger partial charge in [-0.3, -0.25) is 0 Å². The molecule has 0 bridgehead atoms. The number of rotatable bonds is 3. The van der Waals surface area contributed by atoms with Crippen molar-refractivity contribution in [3.8, 4) is 5.69 Å². The second kappa shape index (κ2) is 5.24. The highest BCUT2D eigenvalue weighted by Gasteiger charge is 2.32. The summed E-state index contributed by atoms with van der Waals surface area (Å²) < 4.78 is 52.5. The van der Waals surface area contributed by atoms with Gasteiger partial charge in [0, 0.05) is 12.2 Å². The summed E-state index contributed by atoms with van der Waals surface area (Å²) in [5.41, 5.74) is 5.25. The van der Waals surface area contributed by atoms with Crippen LogP contribution >= 0.6 is 0 Å². The fourth-order valence-electron chi connectivity index (χ4n) is 1.92. The van der Waals surface area contributed by atoms with Crippen molar-refractivity contribution in [3.63, 3.8) is 0 Å². The van der Waals surface area contributed by atoms with E-state index in [1.165, 1.54) is 12.1 Å². The zero-order valence-electron chi connectivity index (χ0n) is 10.7. The fourth-order valence-corrected chi connectivity index (χ4v) is 1.92. The zero-order chi connectivity index (χ0) is 14.9. The van der Waals surface area contributed by atoms with E-state index in [4.69, 9.17) is 5.73 Å². The van der Waals surface area contributed by atoms with Gasteiger partial charge in [0.25, 0.3) is 0 Å². The molecule has 1 aromatic carbocycles. The third kappa shape index (κ3) is 2.98. The van der Waals surface area contributed by atoms with Crippen molar-refractivity contribution < 1.29 is 17.6 Å². The highest BCUT2D eigenvalue weighted by molar-refractivity contribution is 5.42. The number of nitrogens with zero attached hydrogens (tertiary/aromatic N) is 2. The van der Waals surface area contributed by atoms with Crippen molar-refractivity contribution in [2.75, 3.05) is 0 Å². The minimum absolute atomic E-state index is 0.000278. The summed E-state index contributed by atoms with van der Waals surface area (Å²) in [7, 11) is 0. The van der Waals surface area contributed by atoms with Gasteiger partial charge < -0.3 is 5.73 Å². The summed E-state index contributed by atoms with van der Waals surface area (Å²) in [4.78, 5) is 0. The van der Waals surface area contributed by atoms with Crippen molar-refractivity contribution in [1.29, 1.82) is 0 Å². The maximum absolute atomic E-state index is 13.9. The van der Waals surface area contributed by atoms with E-state index in [1.807, 2.05) is 0 Å². The third-order valence-electron chi connectivity index (χ3n) is 2.75. The van der Waals surface area contributed by atoms with E-state index in [0.717, 1.165) is 10.9 Å². The molecule has 0 amide bonds. The van der Waals surface area contributed by atoms with Crippen LogP contribution < -0.4 is 5.73 Å². The zero-order valence-corrected chi connectivity index (χ0v) is 10.7. The molecule has 0 radical (unpaired) electrons. The van der Waals surface area contributed by atoms with E-state index >= 15 is 0 Å². The molecule has 0 saturated carbocycles. The second-order valence-electron chi connectivity index (χ2n) is 4.60. The quantitative estimate of drug-likeness (QED) is 0.882. The predicted molar refractivity (Wildman–Crippen MR) is 65.9 cm³/mol. The second-order valence-corrected chi connectivity index (χ2v) is 4.60. The molecule has 1 atom stereocenters. The molecule has 0 aliphatic rings. The lowest BCUT2D eigenvalue weighted by Crippen LogP contribution is -2.19. The lowest BCUT2D eigenvalue weighted by atomic mass is 10.1. The van der Waals surface area contributed by atoms with Gasteiger partial charge in [-0.05, 0) is 25.0 Å². The molecule has 3 nitrogen and oxygen atoms in total. The molecule has 1 unspecified atom stereocenters. The monoisotopic (exact) mass is 287 g/mol. The van der Waals surface area contributed by atoms with E-state index in [0.29, 0.717) is 18.2 Å². The van der Waals surface area contributed by atoms with Crippen molar-refractivity contribution in [2.24, 2.45) is 5.73 Å². The predicted octanol–water partition coefficient (Wildman–Crippen LogP) is 2.92. The van der Waals surface area contributed by atoms with Gasteiger partial charge in [0.2, 0.25) is 0 Å². The van der Waals surface area contributed by atoms with Crippen molar-refractivity contribution in [3.05, 3.63) is 47.5 Å². The Balaban J connectivity index is 2.49. The highest BCUT2D eigenvalue weighted by Crippen LogP contribution is 2.30. The van der Waals surface area contributed by atoms with Crippen LogP contribution in [-0.2, 0) is 12.6 Å². The number of halogens is 4. The first-order valence-corrected chi connectivity index (χ1v) is 5.94. The van der Waals surface area contributed by atoms with Gasteiger partial charge in [0.15, 0.2) is 0 Å². The number of nitrogens with two attached hydrogens (primary N) is 1. The summed E-state index contributed by atoms with van der Waals surface area (Å²) in [5, 5.41) is 3.60. The Morgan fingerprint density at radius 2 is 2.05 bits per heavy atom. The largest absolute Gasteiger partial charge is 0.419 e. The lowest BCUT2D eigenvalue weighted by Gasteiger charge is -2.12. The Kier molecular flexibility index (Phi) is 3.80. The maximum atomic E-state index is 13.9. The topological polar surface area (TPSA) is 43.8 Å². The molecule has 0 aliphatic heterocycles. The van der Waals surface area contributed by atoms with Crippen LogP contribution in [-0.4, -0.2) is 15.8 Å². The van der Waals surface area contributed by atoms with Crippen LogP contribution in [0.5, 0.6) is 0 Å². The molecule has 7 heteroatoms. The van der Waals surface area contributed by atoms with Gasteiger partial charge >= 0.3 is 6.18 Å². The van der Waals surface area contributed by atoms with Crippen molar-refractivity contribution >= 4 is 0 Å². The van der Waals surface area contributed by atoms with Crippen LogP contribution in [0.4, 0.5) is 17.6 Å². The molecule has 2 aromatic rings. The average molecular weight is 287 g/mol.